The molecule has 7 heteroatoms. The van der Waals surface area contributed by atoms with Crippen LogP contribution in [0.15, 0.2) is 18.2 Å². The highest BCUT2D eigenvalue weighted by Gasteiger charge is 2.22. The number of hydrogen-bond acceptors (Lipinski definition) is 2. The Morgan fingerprint density at radius 3 is 2.67 bits per heavy atom. The second-order valence-electron chi connectivity index (χ2n) is 5.69. The molecule has 1 N–H and O–H groups in total. The average Bonchev–Trinajstić information content (AvgIpc) is 2.79. The van der Waals surface area contributed by atoms with Crippen LogP contribution in [-0.4, -0.2) is 15.7 Å². The van der Waals surface area contributed by atoms with Crippen LogP contribution in [0.25, 0.3) is 0 Å². The van der Waals surface area contributed by atoms with Gasteiger partial charge >= 0.3 is 0 Å². The molecule has 1 amide bonds. The van der Waals surface area contributed by atoms with E-state index < -0.39 is 0 Å². The van der Waals surface area contributed by atoms with E-state index in [1.165, 1.54) is 0 Å². The van der Waals surface area contributed by atoms with Crippen molar-refractivity contribution >= 4 is 40.7 Å². The average molecular weight is 389 g/mol. The van der Waals surface area contributed by atoms with Gasteiger partial charge in [-0.1, -0.05) is 54.2 Å². The van der Waals surface area contributed by atoms with Crippen LogP contribution >= 0.6 is 34.8 Å². The van der Waals surface area contributed by atoms with E-state index in [1.807, 2.05) is 6.92 Å². The number of halogens is 3. The number of rotatable bonds is 6. The van der Waals surface area contributed by atoms with E-state index in [0.717, 1.165) is 18.4 Å². The van der Waals surface area contributed by atoms with Gasteiger partial charge in [-0.2, -0.15) is 5.10 Å². The van der Waals surface area contributed by atoms with Crippen LogP contribution in [0.3, 0.4) is 0 Å². The van der Waals surface area contributed by atoms with E-state index in [2.05, 4.69) is 17.3 Å². The Bertz CT molecular complexity index is 743. The van der Waals surface area contributed by atoms with Gasteiger partial charge < -0.3 is 5.32 Å². The minimum Gasteiger partial charge on any atom is -0.345 e. The number of unbranched alkanes of at least 4 members (excludes halogenated alkanes) is 1. The van der Waals surface area contributed by atoms with Crippen LogP contribution < -0.4 is 5.32 Å². The van der Waals surface area contributed by atoms with E-state index >= 15 is 0 Å². The standard InChI is InChI=1S/C17H20Cl3N3O/c1-4-5-8-23-16(20)15(11(3)22-23)17(24)21-10(2)13-7-6-12(18)9-14(13)19/h6-7,9-10H,4-5,8H2,1-3H3,(H,21,24). The molecule has 0 fully saturated rings. The van der Waals surface area contributed by atoms with Crippen molar-refractivity contribution in [1.82, 2.24) is 15.1 Å². The molecule has 4 nitrogen and oxygen atoms in total. The molecule has 0 bridgehead atoms. The van der Waals surface area contributed by atoms with Crippen molar-refractivity contribution in [3.8, 4) is 0 Å². The highest BCUT2D eigenvalue weighted by Crippen LogP contribution is 2.27. The Balaban J connectivity index is 2.19. The van der Waals surface area contributed by atoms with E-state index in [9.17, 15) is 4.79 Å². The molecule has 1 atom stereocenters. The van der Waals surface area contributed by atoms with Gasteiger partial charge in [0.05, 0.1) is 17.3 Å². The summed E-state index contributed by atoms with van der Waals surface area (Å²) >= 11 is 18.4. The molecule has 0 radical (unpaired) electrons. The fourth-order valence-corrected chi connectivity index (χ4v) is 3.38. The Labute approximate surface area is 157 Å². The molecule has 0 saturated heterocycles. The number of amides is 1. The monoisotopic (exact) mass is 387 g/mol. The van der Waals surface area contributed by atoms with Crippen molar-refractivity contribution in [2.24, 2.45) is 0 Å². The van der Waals surface area contributed by atoms with Crippen LogP contribution in [0.1, 0.15) is 54.3 Å². The predicted molar refractivity (Wildman–Crippen MR) is 99.2 cm³/mol. The molecular formula is C17H20Cl3N3O. The number of carbonyl (C=O) groups excluding carboxylic acids is 1. The minimum absolute atomic E-state index is 0.265. The first kappa shape index (κ1) is 19.1. The van der Waals surface area contributed by atoms with Gasteiger partial charge in [0.15, 0.2) is 0 Å². The minimum atomic E-state index is -0.281. The fraction of sp³-hybridized carbons (Fsp3) is 0.412. The summed E-state index contributed by atoms with van der Waals surface area (Å²) in [5.41, 5.74) is 1.81. The van der Waals surface area contributed by atoms with Gasteiger partial charge in [-0.3, -0.25) is 9.48 Å². The fourth-order valence-electron chi connectivity index (χ4n) is 2.47. The molecule has 130 valence electrons. The van der Waals surface area contributed by atoms with E-state index in [1.54, 1.807) is 29.8 Å². The summed E-state index contributed by atoms with van der Waals surface area (Å²) in [4.78, 5) is 12.6. The highest BCUT2D eigenvalue weighted by atomic mass is 35.5. The van der Waals surface area contributed by atoms with Crippen LogP contribution in [-0.2, 0) is 6.54 Å². The number of carbonyl (C=O) groups is 1. The Kier molecular flexibility index (Phi) is 6.55. The molecule has 0 aliphatic heterocycles. The van der Waals surface area contributed by atoms with Gasteiger partial charge in [0.25, 0.3) is 5.91 Å². The molecule has 1 heterocycles. The lowest BCUT2D eigenvalue weighted by Gasteiger charge is -2.16. The quantitative estimate of drug-likeness (QED) is 0.716. The van der Waals surface area contributed by atoms with Gasteiger partial charge in [-0.05, 0) is 38.0 Å². The van der Waals surface area contributed by atoms with Gasteiger partial charge in [0.2, 0.25) is 0 Å². The number of benzene rings is 1. The Morgan fingerprint density at radius 2 is 2.04 bits per heavy atom. The molecule has 24 heavy (non-hydrogen) atoms. The molecule has 0 aliphatic rings. The third kappa shape index (κ3) is 4.24. The van der Waals surface area contributed by atoms with Crippen molar-refractivity contribution in [2.75, 3.05) is 0 Å². The topological polar surface area (TPSA) is 46.9 Å². The number of aryl methyl sites for hydroxylation is 2. The van der Waals surface area contributed by atoms with Gasteiger partial charge in [-0.15, -0.1) is 0 Å². The van der Waals surface area contributed by atoms with Crippen molar-refractivity contribution in [3.63, 3.8) is 0 Å². The Hall–Kier alpha value is -1.23. The second-order valence-corrected chi connectivity index (χ2v) is 6.89. The predicted octanol–water partition coefficient (Wildman–Crippen LogP) is 5.44. The van der Waals surface area contributed by atoms with E-state index in [4.69, 9.17) is 34.8 Å². The molecule has 0 spiro atoms. The van der Waals surface area contributed by atoms with Crippen LogP contribution in [0, 0.1) is 6.92 Å². The molecule has 2 rings (SSSR count). The summed E-state index contributed by atoms with van der Waals surface area (Å²) in [5, 5.41) is 8.71. The third-order valence-corrected chi connectivity index (χ3v) is 4.74. The molecule has 1 aromatic heterocycles. The summed E-state index contributed by atoms with van der Waals surface area (Å²) in [6.07, 6.45) is 1.99. The highest BCUT2D eigenvalue weighted by molar-refractivity contribution is 6.35. The van der Waals surface area contributed by atoms with Crippen molar-refractivity contribution < 1.29 is 4.79 Å². The zero-order chi connectivity index (χ0) is 17.9. The van der Waals surface area contributed by atoms with E-state index in [0.29, 0.717) is 33.0 Å². The van der Waals surface area contributed by atoms with Crippen molar-refractivity contribution in [2.45, 2.75) is 46.2 Å². The SMILES string of the molecule is CCCCn1nc(C)c(C(=O)NC(C)c2ccc(Cl)cc2Cl)c1Cl. The smallest absolute Gasteiger partial charge is 0.256 e. The molecular weight excluding hydrogens is 369 g/mol. The van der Waals surface area contributed by atoms with Crippen molar-refractivity contribution in [3.05, 3.63) is 50.2 Å². The lowest BCUT2D eigenvalue weighted by molar-refractivity contribution is 0.0939. The third-order valence-electron chi connectivity index (χ3n) is 3.79. The zero-order valence-corrected chi connectivity index (χ0v) is 16.1. The summed E-state index contributed by atoms with van der Waals surface area (Å²) in [7, 11) is 0. The van der Waals surface area contributed by atoms with Crippen LogP contribution in [0.5, 0.6) is 0 Å². The summed E-state index contributed by atoms with van der Waals surface area (Å²) in [6, 6.07) is 4.92. The first-order valence-electron chi connectivity index (χ1n) is 7.83. The second kappa shape index (κ2) is 8.24. The summed E-state index contributed by atoms with van der Waals surface area (Å²) < 4.78 is 1.68. The zero-order valence-electron chi connectivity index (χ0n) is 13.9. The first-order valence-corrected chi connectivity index (χ1v) is 8.97. The van der Waals surface area contributed by atoms with Crippen LogP contribution in [0.2, 0.25) is 15.2 Å². The van der Waals surface area contributed by atoms with Gasteiger partial charge in [0.1, 0.15) is 5.15 Å². The van der Waals surface area contributed by atoms with Gasteiger partial charge in [-0.25, -0.2) is 0 Å². The summed E-state index contributed by atoms with van der Waals surface area (Å²) in [6.45, 7) is 6.43. The summed E-state index contributed by atoms with van der Waals surface area (Å²) in [5.74, 6) is -0.265. The van der Waals surface area contributed by atoms with Crippen LogP contribution in [0.4, 0.5) is 0 Å². The molecule has 1 unspecified atom stereocenters. The largest absolute Gasteiger partial charge is 0.345 e. The molecule has 0 saturated carbocycles. The molecule has 2 aromatic rings. The first-order chi connectivity index (χ1) is 11.3. The maximum atomic E-state index is 12.6. The maximum Gasteiger partial charge on any atom is 0.256 e. The lowest BCUT2D eigenvalue weighted by Crippen LogP contribution is -2.27. The maximum absolute atomic E-state index is 12.6. The Morgan fingerprint density at radius 1 is 1.33 bits per heavy atom. The normalized spacial score (nSPS) is 12.2. The lowest BCUT2D eigenvalue weighted by atomic mass is 10.1. The number of hydrogen-bond donors (Lipinski definition) is 1. The number of nitrogens with zero attached hydrogens (tertiary/aromatic N) is 2. The number of aromatic nitrogens is 2. The molecule has 1 aromatic carbocycles. The number of nitrogens with one attached hydrogen (secondary N) is 1. The van der Waals surface area contributed by atoms with E-state index in [-0.39, 0.29) is 11.9 Å². The van der Waals surface area contributed by atoms with Gasteiger partial charge in [0, 0.05) is 16.6 Å². The molecule has 0 aliphatic carbocycles. The van der Waals surface area contributed by atoms with Crippen molar-refractivity contribution in [1.29, 1.82) is 0 Å².